The second-order valence-corrected chi connectivity index (χ2v) is 14.6. The summed E-state index contributed by atoms with van der Waals surface area (Å²) < 4.78 is 44.7. The summed E-state index contributed by atoms with van der Waals surface area (Å²) in [6.45, 7) is -1.57. The Morgan fingerprint density at radius 2 is 1.29 bits per heavy atom. The van der Waals surface area contributed by atoms with Crippen molar-refractivity contribution in [2.75, 3.05) is 13.2 Å². The first-order chi connectivity index (χ1) is 31.3. The van der Waals surface area contributed by atoms with Crippen LogP contribution in [-0.4, -0.2) is 160 Å². The van der Waals surface area contributed by atoms with Crippen molar-refractivity contribution in [3.8, 4) is 51.4 Å². The normalized spacial score (nSPS) is 25.2. The summed E-state index contributed by atoms with van der Waals surface area (Å²) in [4.78, 5) is 69.9. The van der Waals surface area contributed by atoms with Crippen molar-refractivity contribution in [3.63, 3.8) is 0 Å². The average molecular weight is 930 g/mol. The molecule has 0 saturated carbocycles. The van der Waals surface area contributed by atoms with Gasteiger partial charge in [-0.3, -0.25) is 24.0 Å². The molecule has 352 valence electrons. The summed E-state index contributed by atoms with van der Waals surface area (Å²) in [5.41, 5.74) is -0.366. The number of aromatic hydroxyl groups is 3. The molecular weight excluding hydrogens is 888 g/mol. The van der Waals surface area contributed by atoms with E-state index < -0.39 is 134 Å². The van der Waals surface area contributed by atoms with Crippen LogP contribution in [0.25, 0.3) is 28.7 Å². The lowest BCUT2D eigenvalue weighted by atomic mass is 9.98. The van der Waals surface area contributed by atoms with Gasteiger partial charge in [0.25, 0.3) is 0 Å². The number of rotatable bonds is 16. The Morgan fingerprint density at radius 1 is 0.667 bits per heavy atom. The minimum atomic E-state index is -2.15. The van der Waals surface area contributed by atoms with Crippen LogP contribution in [0.3, 0.4) is 0 Å². The van der Waals surface area contributed by atoms with Gasteiger partial charge in [-0.05, 0) is 54.1 Å². The highest BCUT2D eigenvalue weighted by Crippen LogP contribution is 2.43. The molecule has 0 radical (unpaired) electrons. The van der Waals surface area contributed by atoms with Crippen molar-refractivity contribution in [1.82, 2.24) is 0 Å². The highest BCUT2D eigenvalue weighted by Gasteiger charge is 2.50. The molecular formula is C42H41O24+. The molecule has 0 aromatic heterocycles. The van der Waals surface area contributed by atoms with Gasteiger partial charge in [-0.25, -0.2) is 0 Å². The van der Waals surface area contributed by atoms with Crippen LogP contribution >= 0.6 is 0 Å². The Morgan fingerprint density at radius 3 is 1.95 bits per heavy atom. The lowest BCUT2D eigenvalue weighted by Gasteiger charge is -2.41. The largest absolute Gasteiger partial charge is 0.510 e. The van der Waals surface area contributed by atoms with Gasteiger partial charge in [0.1, 0.15) is 73.3 Å². The average Bonchev–Trinajstić information content (AvgIpc) is 3.25. The fraction of sp³-hybridized carbons (Fsp3) is 0.333. The van der Waals surface area contributed by atoms with E-state index in [4.69, 9.17) is 47.8 Å². The minimum Gasteiger partial charge on any atom is -0.508 e. The van der Waals surface area contributed by atoms with E-state index in [-0.39, 0.29) is 39.9 Å². The third-order valence-corrected chi connectivity index (χ3v) is 9.79. The van der Waals surface area contributed by atoms with Crippen molar-refractivity contribution in [2.45, 2.75) is 74.3 Å². The zero-order valence-electron chi connectivity index (χ0n) is 33.8. The number of aliphatic carboxylic acids is 2. The first-order valence-corrected chi connectivity index (χ1v) is 19.4. The molecule has 2 saturated heterocycles. The van der Waals surface area contributed by atoms with Gasteiger partial charge in [0, 0.05) is 17.7 Å². The van der Waals surface area contributed by atoms with Crippen LogP contribution in [0, 0.1) is 0 Å². The van der Waals surface area contributed by atoms with E-state index in [9.17, 15) is 69.6 Å². The summed E-state index contributed by atoms with van der Waals surface area (Å²) in [5.74, 6) is -8.76. The van der Waals surface area contributed by atoms with Crippen molar-refractivity contribution in [3.05, 3.63) is 82.5 Å². The summed E-state index contributed by atoms with van der Waals surface area (Å²) in [6.07, 6.45) is -19.0. The molecule has 10 atom stereocenters. The molecule has 0 spiro atoms. The molecule has 2 aromatic carbocycles. The van der Waals surface area contributed by atoms with E-state index in [1.807, 2.05) is 0 Å². The van der Waals surface area contributed by atoms with E-state index in [1.165, 1.54) is 54.6 Å². The number of carboxylic acid groups (broad SMARTS) is 2. The van der Waals surface area contributed by atoms with Crippen molar-refractivity contribution in [1.29, 1.82) is 0 Å². The van der Waals surface area contributed by atoms with Crippen molar-refractivity contribution in [2.24, 2.45) is 0 Å². The number of phenols is 3. The van der Waals surface area contributed by atoms with Crippen molar-refractivity contribution >= 4 is 35.9 Å². The molecule has 24 heteroatoms. The number of aliphatic hydroxyl groups excluding tert-OH is 5. The van der Waals surface area contributed by atoms with Crippen LogP contribution in [0.4, 0.5) is 0 Å². The molecule has 11 N–H and O–H groups in total. The molecule has 66 heavy (non-hydrogen) atoms. The van der Waals surface area contributed by atoms with Gasteiger partial charge in [0.2, 0.25) is 19.2 Å². The lowest BCUT2D eigenvalue weighted by molar-refractivity contribution is -0.282. The third kappa shape index (κ3) is 11.7. The van der Waals surface area contributed by atoms with E-state index in [0.29, 0.717) is 5.56 Å². The SMILES string of the molecule is O=C(O)CC(=O)OCC1OC(Oc2cc(=O)cc3oc(-c4ccc(O)cc4)c(OC4OC(COC(=[OH+])C=Cc5ccc(O)c(O)c5)C(O)C(O)C4O)cc2-3)C(O)C(O)C1OC(=O)CC(=O)O. The van der Waals surface area contributed by atoms with Crippen LogP contribution in [0.5, 0.6) is 28.7 Å². The fourth-order valence-electron chi connectivity index (χ4n) is 6.54. The highest BCUT2D eigenvalue weighted by molar-refractivity contribution is 5.91. The standard InChI is InChI=1S/C42H40O24/c43-19-5-3-18(4-6-19)39-26(63-41-37(57)35(55)34(54)27(64-41)15-59-31(51)8-2-17-1-7-22(45)23(46)9-17)12-21-24(61-39)10-20(44)11-25(21)62-42-38(58)36(56)40(66-33(53)14-30(49)50)28(65-42)16-60-32(52)13-29(47)48/h1-12,27-28,34-38,40-43,45-46,54-58H,13-16H2,(H,47,48)(H,49,50)/p+1. The van der Waals surface area contributed by atoms with E-state index in [0.717, 1.165) is 18.2 Å². The summed E-state index contributed by atoms with van der Waals surface area (Å²) in [7, 11) is 0. The van der Waals surface area contributed by atoms with Gasteiger partial charge in [0.05, 0.1) is 11.6 Å². The Kier molecular flexibility index (Phi) is 15.1. The predicted octanol–water partition coefficient (Wildman–Crippen LogP) is -0.823. The molecule has 1 aliphatic carbocycles. The van der Waals surface area contributed by atoms with Crippen LogP contribution in [0.1, 0.15) is 18.4 Å². The number of ether oxygens (including phenoxy) is 7. The summed E-state index contributed by atoms with van der Waals surface area (Å²) in [5, 5.41) is 102. The fourth-order valence-corrected chi connectivity index (χ4v) is 6.54. The van der Waals surface area contributed by atoms with Crippen LogP contribution in [-0.2, 0) is 42.9 Å². The first kappa shape index (κ1) is 48.1. The highest BCUT2D eigenvalue weighted by atomic mass is 16.7. The van der Waals surface area contributed by atoms with Crippen LogP contribution in [0.2, 0.25) is 0 Å². The van der Waals surface area contributed by atoms with Gasteiger partial charge < -0.3 is 93.4 Å². The molecule has 4 aliphatic rings. The number of carbonyl (C=O) groups excluding carboxylic acids is 3. The Hall–Kier alpha value is -7.32. The minimum absolute atomic E-state index is 0.143. The van der Waals surface area contributed by atoms with Gasteiger partial charge in [-0.2, -0.15) is 0 Å². The third-order valence-electron chi connectivity index (χ3n) is 9.79. The number of fused-ring (bicyclic) bond motifs is 1. The summed E-state index contributed by atoms with van der Waals surface area (Å²) >= 11 is 0. The number of hydrogen-bond acceptors (Lipinski definition) is 21. The number of phenolic OH excluding ortho intramolecular Hbond substituents is 3. The quantitative estimate of drug-likeness (QED) is 0.0164. The zero-order valence-corrected chi connectivity index (χ0v) is 33.8. The number of carbonyl (C=O) groups is 4. The molecule has 10 unspecified atom stereocenters. The van der Waals surface area contributed by atoms with Crippen LogP contribution in [0.15, 0.2) is 76.0 Å². The monoisotopic (exact) mass is 929 g/mol. The number of carboxylic acids is 2. The first-order valence-electron chi connectivity index (χ1n) is 19.4. The van der Waals surface area contributed by atoms with Crippen LogP contribution < -0.4 is 14.9 Å². The Bertz CT molecular complexity index is 2480. The maximum Gasteiger partial charge on any atom is 0.510 e. The Labute approximate surface area is 369 Å². The second kappa shape index (κ2) is 20.7. The maximum atomic E-state index is 13.0. The van der Waals surface area contributed by atoms with Gasteiger partial charge in [-0.15, -0.1) is 0 Å². The second-order valence-electron chi connectivity index (χ2n) is 14.6. The van der Waals surface area contributed by atoms with Gasteiger partial charge in [0.15, 0.2) is 40.6 Å². The smallest absolute Gasteiger partial charge is 0.508 e. The van der Waals surface area contributed by atoms with E-state index >= 15 is 0 Å². The predicted molar refractivity (Wildman–Crippen MR) is 214 cm³/mol. The number of hydrogen-bond donors (Lipinski definition) is 10. The zero-order chi connectivity index (χ0) is 48.0. The molecule has 2 fully saturated rings. The summed E-state index contributed by atoms with van der Waals surface area (Å²) in [6, 6.07) is 12.2. The van der Waals surface area contributed by atoms with E-state index in [1.54, 1.807) is 0 Å². The Balaban J connectivity index is 1.30. The molecule has 24 nitrogen and oxygen atoms in total. The van der Waals surface area contributed by atoms with Gasteiger partial charge in [-0.1, -0.05) is 6.07 Å². The topological polar surface area (TPSA) is 387 Å². The molecule has 0 amide bonds. The molecule has 6 rings (SSSR count). The number of aliphatic hydroxyl groups is 5. The van der Waals surface area contributed by atoms with Gasteiger partial charge >= 0.3 is 29.8 Å². The maximum absolute atomic E-state index is 13.0. The van der Waals surface area contributed by atoms with E-state index in [2.05, 4.69) is 0 Å². The molecule has 2 aromatic rings. The molecule has 0 bridgehead atoms. The molecule has 3 aliphatic heterocycles. The lowest BCUT2D eigenvalue weighted by Crippen LogP contribution is -2.61. The molecule has 3 heterocycles. The number of esters is 3. The number of benzene rings is 3. The van der Waals surface area contributed by atoms with Crippen molar-refractivity contribution < 1.29 is 113 Å².